The number of benzene rings is 11. The summed E-state index contributed by atoms with van der Waals surface area (Å²) in [6.45, 7) is 21.4. The minimum atomic E-state index is -0.573. The number of nitro benzene ring substituents is 1. The predicted octanol–water partition coefficient (Wildman–Crippen LogP) is 21.9. The summed E-state index contributed by atoms with van der Waals surface area (Å²) in [5.74, 6) is -1.24. The highest BCUT2D eigenvalue weighted by Gasteiger charge is 2.23. The second-order valence-corrected chi connectivity index (χ2v) is 31.3. The van der Waals surface area contributed by atoms with Gasteiger partial charge < -0.3 is 47.8 Å². The number of oxime groups is 4. The van der Waals surface area contributed by atoms with Crippen molar-refractivity contribution in [3.63, 3.8) is 0 Å². The predicted molar refractivity (Wildman–Crippen MR) is 494 cm³/mol. The molecule has 24 nitrogen and oxygen atoms in total. The number of Topliss-reactive ketones (excluding diaryl/α,β-unsaturated/α-hetero) is 2. The standard InChI is InChI=1S/C28H29N3O6.C27H27NO3S.C26H24N2O3.C19H19NO5S/c1-6-30-26-11-7-20(14-24(26)25-15-21(31(33)34)8-12-27(25)30)28(29-37-19(4)32)23-10-9-22(13-17(23)2)36-18(3)16-35-5;1-2-3-4-11-16-25(28-31-27(30)22-12-7-5-8-13-22)26(29)21-17-19-24(20-18-21)32-23-14-9-6-10-15-23;1-5-28-24-12-10-19(17(3)27-31-18(4)29)14-22(24)23-15-20(11-13-25(23)28)26(30)21-9-7-6-8-16(21)2;1-13(20-25-14(2)22)19(23)15-3-7-17(8-4-15)26-18-9-5-16(6-10-18)24-12-11-21/h7-15,18H,6,16H2,1-5H3;5-10,12-15,17-20H,2-4,11,16H2,1H3;6-15H,5H2,1-4H3;3-10,21H,11-12H2,1-2H3/b29-28-;28-25+;27-17+;20-13+. The van der Waals surface area contributed by atoms with Crippen LogP contribution < -0.4 is 9.47 Å². The maximum absolute atomic E-state index is 13.2. The fourth-order valence-corrected chi connectivity index (χ4v) is 15.2. The normalized spacial score (nSPS) is 11.8. The van der Waals surface area contributed by atoms with Gasteiger partial charge in [-0.05, 0) is 242 Å². The molecule has 0 amide bonds. The zero-order valence-corrected chi connectivity index (χ0v) is 73.9. The maximum atomic E-state index is 13.2. The average molecular weight is 1740 g/mol. The monoisotopic (exact) mass is 1730 g/mol. The third kappa shape index (κ3) is 25.9. The van der Waals surface area contributed by atoms with Crippen molar-refractivity contribution in [1.82, 2.24) is 9.13 Å². The van der Waals surface area contributed by atoms with Crippen LogP contribution in [-0.4, -0.2) is 116 Å². The fourth-order valence-electron chi connectivity index (χ4n) is 13.6. The summed E-state index contributed by atoms with van der Waals surface area (Å²) in [6, 6.07) is 76.7. The van der Waals surface area contributed by atoms with E-state index in [-0.39, 0.29) is 53.8 Å². The van der Waals surface area contributed by atoms with Gasteiger partial charge in [0.2, 0.25) is 11.6 Å². The highest BCUT2D eigenvalue weighted by molar-refractivity contribution is 7.99. The van der Waals surface area contributed by atoms with Gasteiger partial charge in [-0.15, -0.1) is 0 Å². The second kappa shape index (κ2) is 46.6. The summed E-state index contributed by atoms with van der Waals surface area (Å²) < 4.78 is 20.7. The molecule has 0 bridgehead atoms. The molecule has 0 spiro atoms. The van der Waals surface area contributed by atoms with Crippen LogP contribution in [0.15, 0.2) is 289 Å². The molecule has 1 unspecified atom stereocenters. The third-order valence-electron chi connectivity index (χ3n) is 19.7. The first-order chi connectivity index (χ1) is 60.8. The second-order valence-electron chi connectivity index (χ2n) is 29.1. The Morgan fingerprint density at radius 2 is 0.944 bits per heavy atom. The van der Waals surface area contributed by atoms with E-state index in [1.54, 1.807) is 98.2 Å². The molecule has 11 aromatic carbocycles. The summed E-state index contributed by atoms with van der Waals surface area (Å²) in [7, 11) is 1.62. The van der Waals surface area contributed by atoms with Gasteiger partial charge >= 0.3 is 23.9 Å². The molecule has 1 N–H and O–H groups in total. The highest BCUT2D eigenvalue weighted by atomic mass is 32.2. The number of aliphatic hydroxyl groups excluding tert-OH is 1. The summed E-state index contributed by atoms with van der Waals surface area (Å²) in [5, 5.41) is 39.4. The first-order valence-corrected chi connectivity index (χ1v) is 42.6. The number of nitro groups is 1. The van der Waals surface area contributed by atoms with Crippen LogP contribution in [-0.2, 0) is 51.6 Å². The fraction of sp³-hybridized carbons (Fsp3) is 0.230. The maximum Gasteiger partial charge on any atom is 0.365 e. The number of hydrogen-bond acceptors (Lipinski definition) is 23. The number of methoxy groups -OCH3 is 1. The molecule has 26 heteroatoms. The van der Waals surface area contributed by atoms with Gasteiger partial charge in [0.1, 0.15) is 41.3 Å². The first-order valence-electron chi connectivity index (χ1n) is 41.0. The van der Waals surface area contributed by atoms with Crippen LogP contribution in [0.1, 0.15) is 169 Å². The van der Waals surface area contributed by atoms with Crippen molar-refractivity contribution >= 4 is 137 Å². The number of carbonyl (C=O) groups excluding carboxylic acids is 7. The summed E-state index contributed by atoms with van der Waals surface area (Å²) >= 11 is 3.18. The number of nitrogens with zero attached hydrogens (tertiary/aromatic N) is 7. The summed E-state index contributed by atoms with van der Waals surface area (Å²) in [5.41, 5.74) is 12.4. The van der Waals surface area contributed by atoms with Crippen LogP contribution in [0.2, 0.25) is 0 Å². The SMILES string of the molecule is CC(=O)O/N=C(\C)C(=O)c1ccc(Sc2ccc(OCCO)cc2)cc1.CCCCCC/C(=N\OC(=O)c1ccccc1)C(=O)c1ccc(Sc2ccccc2)cc1.CCn1c2ccc(/C(=N/OC(C)=O)c3ccc(OC(C)COC)cc3C)cc2c2cc([N+](=O)[O-])ccc21.CCn1c2ccc(C(=O)c3ccccc3C)cc2c2cc(/C(C)=N/OC(C)=O)ccc21. The van der Waals surface area contributed by atoms with E-state index in [4.69, 9.17) is 33.8 Å². The number of fused-ring (bicyclic) bond motifs is 6. The average Bonchev–Trinajstić information content (AvgIpc) is 1.60. The molecule has 2 heterocycles. The lowest BCUT2D eigenvalue weighted by Gasteiger charge is -2.16. The lowest BCUT2D eigenvalue weighted by Crippen LogP contribution is -2.18. The largest absolute Gasteiger partial charge is 0.491 e. The Balaban J connectivity index is 0.000000177. The lowest BCUT2D eigenvalue weighted by atomic mass is 9.96. The molecular weight excluding hydrogens is 1640 g/mol. The first kappa shape index (κ1) is 94.5. The third-order valence-corrected chi connectivity index (χ3v) is 21.7. The van der Waals surface area contributed by atoms with Crippen molar-refractivity contribution in [2.45, 2.75) is 147 Å². The van der Waals surface area contributed by atoms with Crippen LogP contribution in [0.25, 0.3) is 43.6 Å². The number of unbranched alkanes of at least 4 members (excludes halogenated alkanes) is 3. The minimum absolute atomic E-state index is 0.0150. The molecule has 0 aliphatic carbocycles. The Morgan fingerprint density at radius 3 is 1.49 bits per heavy atom. The number of ketones is 3. The molecule has 13 aromatic rings. The Bertz CT molecular complexity index is 6180. The highest BCUT2D eigenvalue weighted by Crippen LogP contribution is 2.37. The molecule has 13 rings (SSSR count). The number of aliphatic hydroxyl groups is 1. The quantitative estimate of drug-likeness (QED) is 0.00997. The van der Waals surface area contributed by atoms with Crippen molar-refractivity contribution in [2.75, 3.05) is 26.9 Å². The van der Waals surface area contributed by atoms with Crippen LogP contribution in [0, 0.1) is 24.0 Å². The van der Waals surface area contributed by atoms with Crippen LogP contribution in [0.3, 0.4) is 0 Å². The molecule has 126 heavy (non-hydrogen) atoms. The molecule has 0 saturated heterocycles. The van der Waals surface area contributed by atoms with Gasteiger partial charge in [0.15, 0.2) is 5.78 Å². The molecule has 2 aromatic heterocycles. The number of aryl methyl sites for hydroxylation is 4. The van der Waals surface area contributed by atoms with Crippen molar-refractivity contribution in [3.8, 4) is 11.5 Å². The molecule has 1 atom stereocenters. The number of ether oxygens (including phenoxy) is 3. The topological polar surface area (TPSA) is 307 Å². The van der Waals surface area contributed by atoms with Crippen molar-refractivity contribution in [3.05, 3.63) is 314 Å². The Kier molecular flexibility index (Phi) is 35.0. The van der Waals surface area contributed by atoms with Gasteiger partial charge in [0, 0.05) is 150 Å². The number of non-ortho nitro benzene ring substituents is 1. The van der Waals surface area contributed by atoms with Crippen LogP contribution in [0.4, 0.5) is 5.69 Å². The van der Waals surface area contributed by atoms with Gasteiger partial charge in [-0.25, -0.2) is 19.2 Å². The number of carbonyl (C=O) groups is 7. The zero-order chi connectivity index (χ0) is 90.3. The molecule has 0 aliphatic rings. The Morgan fingerprint density at radius 1 is 0.460 bits per heavy atom. The summed E-state index contributed by atoms with van der Waals surface area (Å²) in [4.78, 5) is 119. The minimum Gasteiger partial charge on any atom is -0.491 e. The number of aromatic nitrogens is 2. The van der Waals surface area contributed by atoms with E-state index in [0.717, 1.165) is 118 Å². The molecular formula is C100H99N7O17S2. The molecule has 0 radical (unpaired) electrons. The van der Waals surface area contributed by atoms with E-state index in [0.29, 0.717) is 75.9 Å². The van der Waals surface area contributed by atoms with Crippen LogP contribution >= 0.6 is 23.5 Å². The lowest BCUT2D eigenvalue weighted by molar-refractivity contribution is -0.384. The van der Waals surface area contributed by atoms with Gasteiger partial charge in [-0.1, -0.05) is 143 Å². The van der Waals surface area contributed by atoms with E-state index in [1.807, 2.05) is 210 Å². The van der Waals surface area contributed by atoms with Gasteiger partial charge in [0.05, 0.1) is 29.4 Å². The molecule has 0 aliphatic heterocycles. The van der Waals surface area contributed by atoms with E-state index in [1.165, 1.54) is 33.8 Å². The van der Waals surface area contributed by atoms with Crippen LogP contribution in [0.5, 0.6) is 11.5 Å². The smallest absolute Gasteiger partial charge is 0.365 e. The molecule has 648 valence electrons. The van der Waals surface area contributed by atoms with E-state index >= 15 is 0 Å². The number of rotatable bonds is 33. The van der Waals surface area contributed by atoms with Crippen molar-refractivity contribution in [2.24, 2.45) is 20.6 Å². The Labute approximate surface area is 739 Å². The van der Waals surface area contributed by atoms with Gasteiger partial charge in [0.25, 0.3) is 5.69 Å². The van der Waals surface area contributed by atoms with Gasteiger partial charge in [-0.3, -0.25) is 24.5 Å². The molecule has 0 saturated carbocycles. The van der Waals surface area contributed by atoms with Gasteiger partial charge in [-0.2, -0.15) is 0 Å². The zero-order valence-electron chi connectivity index (χ0n) is 72.2. The molecule has 0 fully saturated rings. The van der Waals surface area contributed by atoms with E-state index in [9.17, 15) is 43.7 Å². The van der Waals surface area contributed by atoms with E-state index in [2.05, 4.69) is 48.4 Å². The Hall–Kier alpha value is -13.8. The summed E-state index contributed by atoms with van der Waals surface area (Å²) in [6.07, 6.45) is 4.37. The number of hydrogen-bond donors (Lipinski definition) is 1. The van der Waals surface area contributed by atoms with Crippen molar-refractivity contribution in [1.29, 1.82) is 0 Å². The van der Waals surface area contributed by atoms with Crippen molar-refractivity contribution < 1.29 is 77.2 Å². The van der Waals surface area contributed by atoms with E-state index < -0.39 is 28.8 Å².